The van der Waals surface area contributed by atoms with Gasteiger partial charge in [0.1, 0.15) is 5.75 Å². The molecule has 0 atom stereocenters. The van der Waals surface area contributed by atoms with Gasteiger partial charge in [-0.2, -0.15) is 0 Å². The van der Waals surface area contributed by atoms with Crippen LogP contribution in [0.25, 0.3) is 0 Å². The number of nitrogens with zero attached hydrogens (tertiary/aromatic N) is 1. The Kier molecular flexibility index (Phi) is 5.49. The van der Waals surface area contributed by atoms with Crippen LogP contribution >= 0.6 is 11.8 Å². The molecular formula is C12H20N2OS. The molecule has 0 bridgehead atoms. The molecule has 4 heteroatoms. The third-order valence-corrected chi connectivity index (χ3v) is 2.98. The third kappa shape index (κ3) is 4.77. The second-order valence-corrected chi connectivity index (χ2v) is 4.99. The fraction of sp³-hybridized carbons (Fsp3) is 0.500. The number of ether oxygens (including phenoxy) is 1. The quantitative estimate of drug-likeness (QED) is 0.612. The maximum Gasteiger partial charge on any atom is 0.122 e. The minimum atomic E-state index is 0.672. The molecule has 0 aliphatic heterocycles. The summed E-state index contributed by atoms with van der Waals surface area (Å²) in [5.74, 6) is 1.91. The SMILES string of the molecule is CCOc1cc(N)cc(SCCN(C)C)c1. The highest BCUT2D eigenvalue weighted by Gasteiger charge is 2.01. The normalized spacial score (nSPS) is 10.8. The fourth-order valence-electron chi connectivity index (χ4n) is 1.27. The van der Waals surface area contributed by atoms with Gasteiger partial charge in [0.2, 0.25) is 0 Å². The molecule has 0 aliphatic carbocycles. The first-order valence-corrected chi connectivity index (χ1v) is 6.41. The molecule has 0 saturated carbocycles. The predicted octanol–water partition coefficient (Wildman–Crippen LogP) is 2.32. The zero-order valence-electron chi connectivity index (χ0n) is 10.2. The fourth-order valence-corrected chi connectivity index (χ4v) is 2.38. The van der Waals surface area contributed by atoms with E-state index in [2.05, 4.69) is 19.0 Å². The third-order valence-electron chi connectivity index (χ3n) is 2.02. The van der Waals surface area contributed by atoms with Gasteiger partial charge in [0, 0.05) is 28.9 Å². The van der Waals surface area contributed by atoms with Gasteiger partial charge in [0.05, 0.1) is 6.61 Å². The number of thioether (sulfide) groups is 1. The number of benzene rings is 1. The Labute approximate surface area is 102 Å². The summed E-state index contributed by atoms with van der Waals surface area (Å²) in [7, 11) is 4.15. The van der Waals surface area contributed by atoms with Gasteiger partial charge in [-0.05, 0) is 33.2 Å². The molecule has 0 radical (unpaired) electrons. The molecule has 0 spiro atoms. The second kappa shape index (κ2) is 6.66. The molecule has 2 N–H and O–H groups in total. The molecule has 16 heavy (non-hydrogen) atoms. The van der Waals surface area contributed by atoms with Crippen LogP contribution in [0.3, 0.4) is 0 Å². The smallest absolute Gasteiger partial charge is 0.122 e. The van der Waals surface area contributed by atoms with E-state index in [0.717, 1.165) is 23.7 Å². The van der Waals surface area contributed by atoms with Crippen molar-refractivity contribution < 1.29 is 4.74 Å². The van der Waals surface area contributed by atoms with Crippen LogP contribution in [0.4, 0.5) is 5.69 Å². The largest absolute Gasteiger partial charge is 0.494 e. The van der Waals surface area contributed by atoms with Crippen LogP contribution in [0, 0.1) is 0 Å². The summed E-state index contributed by atoms with van der Waals surface area (Å²) >= 11 is 1.80. The van der Waals surface area contributed by atoms with Crippen LogP contribution < -0.4 is 10.5 Å². The maximum absolute atomic E-state index is 5.82. The molecular weight excluding hydrogens is 220 g/mol. The summed E-state index contributed by atoms with van der Waals surface area (Å²) in [6, 6.07) is 5.89. The lowest BCUT2D eigenvalue weighted by molar-refractivity contribution is 0.339. The average molecular weight is 240 g/mol. The molecule has 1 rings (SSSR count). The lowest BCUT2D eigenvalue weighted by Gasteiger charge is -2.10. The van der Waals surface area contributed by atoms with Crippen molar-refractivity contribution in [3.05, 3.63) is 18.2 Å². The summed E-state index contributed by atoms with van der Waals surface area (Å²) in [6.45, 7) is 3.71. The van der Waals surface area contributed by atoms with Crippen molar-refractivity contribution in [3.63, 3.8) is 0 Å². The van der Waals surface area contributed by atoms with Gasteiger partial charge < -0.3 is 15.4 Å². The Morgan fingerprint density at radius 2 is 2.06 bits per heavy atom. The average Bonchev–Trinajstić information content (AvgIpc) is 2.16. The second-order valence-electron chi connectivity index (χ2n) is 3.82. The van der Waals surface area contributed by atoms with Gasteiger partial charge in [-0.15, -0.1) is 11.8 Å². The molecule has 0 aliphatic rings. The van der Waals surface area contributed by atoms with Crippen LogP contribution in [-0.4, -0.2) is 37.9 Å². The monoisotopic (exact) mass is 240 g/mol. The van der Waals surface area contributed by atoms with Gasteiger partial charge in [-0.25, -0.2) is 0 Å². The lowest BCUT2D eigenvalue weighted by atomic mass is 10.3. The summed E-state index contributed by atoms with van der Waals surface area (Å²) in [5, 5.41) is 0. The number of rotatable bonds is 6. The van der Waals surface area contributed by atoms with Crippen LogP contribution in [0.1, 0.15) is 6.92 Å². The van der Waals surface area contributed by atoms with Crippen molar-refractivity contribution in [3.8, 4) is 5.75 Å². The maximum atomic E-state index is 5.82. The first kappa shape index (κ1) is 13.2. The van der Waals surface area contributed by atoms with Crippen molar-refractivity contribution in [1.29, 1.82) is 0 Å². The molecule has 3 nitrogen and oxygen atoms in total. The van der Waals surface area contributed by atoms with E-state index in [1.54, 1.807) is 11.8 Å². The molecule has 90 valence electrons. The predicted molar refractivity (Wildman–Crippen MR) is 71.3 cm³/mol. The van der Waals surface area contributed by atoms with E-state index in [1.807, 2.05) is 25.1 Å². The van der Waals surface area contributed by atoms with Crippen LogP contribution in [0.15, 0.2) is 23.1 Å². The van der Waals surface area contributed by atoms with E-state index in [9.17, 15) is 0 Å². The number of nitrogen functional groups attached to an aromatic ring is 1. The Balaban J connectivity index is 2.58. The zero-order chi connectivity index (χ0) is 12.0. The summed E-state index contributed by atoms with van der Waals surface area (Å²) < 4.78 is 5.45. The van der Waals surface area contributed by atoms with E-state index >= 15 is 0 Å². The van der Waals surface area contributed by atoms with E-state index in [0.29, 0.717) is 6.61 Å². The van der Waals surface area contributed by atoms with E-state index in [1.165, 1.54) is 4.90 Å². The van der Waals surface area contributed by atoms with Crippen molar-refractivity contribution >= 4 is 17.4 Å². The standard InChI is InChI=1S/C12H20N2OS/c1-4-15-11-7-10(13)8-12(9-11)16-6-5-14(2)3/h7-9H,4-6,13H2,1-3H3. The zero-order valence-corrected chi connectivity index (χ0v) is 11.0. The summed E-state index contributed by atoms with van der Waals surface area (Å²) in [6.07, 6.45) is 0. The summed E-state index contributed by atoms with van der Waals surface area (Å²) in [4.78, 5) is 3.34. The van der Waals surface area contributed by atoms with Gasteiger partial charge in [0.15, 0.2) is 0 Å². The van der Waals surface area contributed by atoms with Crippen LogP contribution in [0.2, 0.25) is 0 Å². The highest BCUT2D eigenvalue weighted by Crippen LogP contribution is 2.26. The molecule has 0 unspecified atom stereocenters. The van der Waals surface area contributed by atoms with Gasteiger partial charge >= 0.3 is 0 Å². The minimum absolute atomic E-state index is 0.672. The first-order chi connectivity index (χ1) is 7.61. The molecule has 1 aromatic rings. The topological polar surface area (TPSA) is 38.5 Å². The van der Waals surface area contributed by atoms with Crippen molar-refractivity contribution in [2.24, 2.45) is 0 Å². The molecule has 0 saturated heterocycles. The summed E-state index contributed by atoms with van der Waals surface area (Å²) in [5.41, 5.74) is 6.58. The van der Waals surface area contributed by atoms with Gasteiger partial charge in [-0.3, -0.25) is 0 Å². The Hall–Kier alpha value is -0.870. The minimum Gasteiger partial charge on any atom is -0.494 e. The molecule has 0 amide bonds. The Bertz CT molecular complexity index is 329. The molecule has 1 aromatic carbocycles. The molecule has 0 fully saturated rings. The van der Waals surface area contributed by atoms with E-state index in [4.69, 9.17) is 10.5 Å². The van der Waals surface area contributed by atoms with Crippen LogP contribution in [0.5, 0.6) is 5.75 Å². The number of nitrogens with two attached hydrogens (primary N) is 1. The number of anilines is 1. The van der Waals surface area contributed by atoms with Crippen LogP contribution in [-0.2, 0) is 0 Å². The Morgan fingerprint density at radius 1 is 1.31 bits per heavy atom. The van der Waals surface area contributed by atoms with Crippen molar-refractivity contribution in [2.75, 3.05) is 38.7 Å². The highest BCUT2D eigenvalue weighted by atomic mass is 32.2. The number of hydrogen-bond acceptors (Lipinski definition) is 4. The Morgan fingerprint density at radius 3 is 2.69 bits per heavy atom. The van der Waals surface area contributed by atoms with Gasteiger partial charge in [0.25, 0.3) is 0 Å². The van der Waals surface area contributed by atoms with E-state index < -0.39 is 0 Å². The molecule has 0 aromatic heterocycles. The highest BCUT2D eigenvalue weighted by molar-refractivity contribution is 7.99. The molecule has 0 heterocycles. The van der Waals surface area contributed by atoms with E-state index in [-0.39, 0.29) is 0 Å². The lowest BCUT2D eigenvalue weighted by Crippen LogP contribution is -2.14. The first-order valence-electron chi connectivity index (χ1n) is 5.42. The van der Waals surface area contributed by atoms with Crippen molar-refractivity contribution in [2.45, 2.75) is 11.8 Å². The van der Waals surface area contributed by atoms with Gasteiger partial charge in [-0.1, -0.05) is 0 Å². The number of hydrogen-bond donors (Lipinski definition) is 1. The van der Waals surface area contributed by atoms with Crippen molar-refractivity contribution in [1.82, 2.24) is 4.90 Å².